The molecule has 5 nitrogen and oxygen atoms in total. The second-order valence-electron chi connectivity index (χ2n) is 3.85. The van der Waals surface area contributed by atoms with Crippen LogP contribution in [-0.2, 0) is 6.42 Å². The minimum absolute atomic E-state index is 0.582. The molecule has 0 unspecified atom stereocenters. The Hall–Kier alpha value is -1.88. The number of aryl methyl sites for hydroxylation is 2. The molecule has 0 spiro atoms. The van der Waals surface area contributed by atoms with Gasteiger partial charge in [-0.3, -0.25) is 0 Å². The fourth-order valence-corrected chi connectivity index (χ4v) is 1.60. The van der Waals surface area contributed by atoms with Crippen molar-refractivity contribution in [1.82, 2.24) is 19.9 Å². The van der Waals surface area contributed by atoms with Gasteiger partial charge >= 0.3 is 0 Å². The third-order valence-corrected chi connectivity index (χ3v) is 2.31. The van der Waals surface area contributed by atoms with E-state index in [1.165, 1.54) is 0 Å². The van der Waals surface area contributed by atoms with Gasteiger partial charge in [0, 0.05) is 24.0 Å². The predicted molar refractivity (Wildman–Crippen MR) is 65.3 cm³/mol. The molecule has 0 saturated carbocycles. The summed E-state index contributed by atoms with van der Waals surface area (Å²) in [6.07, 6.45) is 2.46. The van der Waals surface area contributed by atoms with E-state index in [-0.39, 0.29) is 0 Å². The van der Waals surface area contributed by atoms with Crippen molar-refractivity contribution in [3.63, 3.8) is 0 Å². The molecule has 0 aliphatic carbocycles. The molecule has 2 N–H and O–H groups in total. The van der Waals surface area contributed by atoms with Crippen LogP contribution >= 0.6 is 0 Å². The first-order valence-electron chi connectivity index (χ1n) is 5.53. The van der Waals surface area contributed by atoms with Crippen LogP contribution < -0.4 is 5.73 Å². The minimum atomic E-state index is 0.582. The fraction of sp³-hybridized carbons (Fsp3) is 0.333. The highest BCUT2D eigenvalue weighted by Crippen LogP contribution is 2.13. The number of hydrogen-bond acceptors (Lipinski definition) is 5. The molecule has 2 aromatic rings. The first-order valence-corrected chi connectivity index (χ1v) is 5.53. The van der Waals surface area contributed by atoms with Gasteiger partial charge in [0.25, 0.3) is 0 Å². The summed E-state index contributed by atoms with van der Waals surface area (Å²) in [7, 11) is 0. The van der Waals surface area contributed by atoms with E-state index in [0.717, 1.165) is 23.5 Å². The zero-order valence-electron chi connectivity index (χ0n) is 10.0. The van der Waals surface area contributed by atoms with Gasteiger partial charge in [0.1, 0.15) is 11.5 Å². The van der Waals surface area contributed by atoms with Gasteiger partial charge in [-0.25, -0.2) is 19.9 Å². The minimum Gasteiger partial charge on any atom is -0.330 e. The molecule has 2 aromatic heterocycles. The SMILES string of the molecule is Cc1cc(CCN)nc(-c2ccnc(C)n2)n1. The summed E-state index contributed by atoms with van der Waals surface area (Å²) in [5, 5.41) is 0. The third-order valence-electron chi connectivity index (χ3n) is 2.31. The first-order chi connectivity index (χ1) is 8.19. The Balaban J connectivity index is 2.44. The molecule has 0 fully saturated rings. The van der Waals surface area contributed by atoms with Crippen LogP contribution in [0.25, 0.3) is 11.5 Å². The van der Waals surface area contributed by atoms with Crippen LogP contribution in [0.2, 0.25) is 0 Å². The lowest BCUT2D eigenvalue weighted by molar-refractivity contribution is 0.899. The summed E-state index contributed by atoms with van der Waals surface area (Å²) in [4.78, 5) is 17.2. The molecule has 0 bridgehead atoms. The van der Waals surface area contributed by atoms with Crippen LogP contribution in [0.5, 0.6) is 0 Å². The predicted octanol–water partition coefficient (Wildman–Crippen LogP) is 1.05. The third kappa shape index (κ3) is 2.82. The zero-order valence-corrected chi connectivity index (χ0v) is 10.0. The van der Waals surface area contributed by atoms with E-state index >= 15 is 0 Å². The van der Waals surface area contributed by atoms with Crippen LogP contribution in [0.3, 0.4) is 0 Å². The Morgan fingerprint density at radius 3 is 2.71 bits per heavy atom. The number of aromatic nitrogens is 4. The Bertz CT molecular complexity index is 524. The van der Waals surface area contributed by atoms with Crippen molar-refractivity contribution in [3.8, 4) is 11.5 Å². The molecule has 0 radical (unpaired) electrons. The Morgan fingerprint density at radius 1 is 1.18 bits per heavy atom. The number of hydrogen-bond donors (Lipinski definition) is 1. The van der Waals surface area contributed by atoms with Crippen molar-refractivity contribution in [2.45, 2.75) is 20.3 Å². The van der Waals surface area contributed by atoms with Crippen LogP contribution in [0.4, 0.5) is 0 Å². The summed E-state index contributed by atoms with van der Waals surface area (Å²) >= 11 is 0. The molecular formula is C12H15N5. The standard InChI is InChI=1S/C12H15N5/c1-8-7-10(3-5-13)17-12(15-8)11-4-6-14-9(2)16-11/h4,6-7H,3,5,13H2,1-2H3. The van der Waals surface area contributed by atoms with E-state index in [4.69, 9.17) is 5.73 Å². The smallest absolute Gasteiger partial charge is 0.178 e. The molecule has 0 saturated heterocycles. The molecule has 0 atom stereocenters. The van der Waals surface area contributed by atoms with Crippen molar-refractivity contribution in [3.05, 3.63) is 35.5 Å². The molecule has 5 heteroatoms. The molecule has 17 heavy (non-hydrogen) atoms. The van der Waals surface area contributed by atoms with Gasteiger partial charge in [0.2, 0.25) is 0 Å². The van der Waals surface area contributed by atoms with Gasteiger partial charge in [-0.1, -0.05) is 0 Å². The molecule has 0 aliphatic rings. The molecule has 0 aromatic carbocycles. The largest absolute Gasteiger partial charge is 0.330 e. The van der Waals surface area contributed by atoms with Gasteiger partial charge in [0.05, 0.1) is 0 Å². The van der Waals surface area contributed by atoms with Gasteiger partial charge in [0.15, 0.2) is 5.82 Å². The molecular weight excluding hydrogens is 214 g/mol. The van der Waals surface area contributed by atoms with E-state index in [0.29, 0.717) is 18.2 Å². The van der Waals surface area contributed by atoms with E-state index in [2.05, 4.69) is 19.9 Å². The number of nitrogens with zero attached hydrogens (tertiary/aromatic N) is 4. The second-order valence-corrected chi connectivity index (χ2v) is 3.85. The summed E-state index contributed by atoms with van der Waals surface area (Å²) in [5.41, 5.74) is 8.16. The lowest BCUT2D eigenvalue weighted by atomic mass is 10.2. The molecule has 88 valence electrons. The Kier molecular flexibility index (Phi) is 3.39. The highest BCUT2D eigenvalue weighted by Gasteiger charge is 2.06. The maximum absolute atomic E-state index is 5.54. The fourth-order valence-electron chi connectivity index (χ4n) is 1.60. The van der Waals surface area contributed by atoms with Crippen LogP contribution in [0.15, 0.2) is 18.3 Å². The lowest BCUT2D eigenvalue weighted by Gasteiger charge is -2.05. The topological polar surface area (TPSA) is 77.6 Å². The summed E-state index contributed by atoms with van der Waals surface area (Å²) in [6, 6.07) is 3.76. The van der Waals surface area contributed by atoms with Crippen molar-refractivity contribution in [2.75, 3.05) is 6.54 Å². The van der Waals surface area contributed by atoms with Crippen LogP contribution in [0, 0.1) is 13.8 Å². The van der Waals surface area contributed by atoms with Gasteiger partial charge < -0.3 is 5.73 Å². The molecule has 0 aliphatic heterocycles. The quantitative estimate of drug-likeness (QED) is 0.851. The van der Waals surface area contributed by atoms with E-state index in [1.807, 2.05) is 26.0 Å². The van der Waals surface area contributed by atoms with Crippen molar-refractivity contribution in [2.24, 2.45) is 5.73 Å². The number of rotatable bonds is 3. The van der Waals surface area contributed by atoms with Gasteiger partial charge in [-0.15, -0.1) is 0 Å². The highest BCUT2D eigenvalue weighted by molar-refractivity contribution is 5.48. The van der Waals surface area contributed by atoms with E-state index in [1.54, 1.807) is 6.20 Å². The maximum Gasteiger partial charge on any atom is 0.178 e. The van der Waals surface area contributed by atoms with Crippen LogP contribution in [0.1, 0.15) is 17.2 Å². The second kappa shape index (κ2) is 4.97. The summed E-state index contributed by atoms with van der Waals surface area (Å²) < 4.78 is 0. The van der Waals surface area contributed by atoms with Gasteiger partial charge in [-0.2, -0.15) is 0 Å². The monoisotopic (exact) mass is 229 g/mol. The van der Waals surface area contributed by atoms with Gasteiger partial charge in [-0.05, 0) is 32.5 Å². The zero-order chi connectivity index (χ0) is 12.3. The average molecular weight is 229 g/mol. The van der Waals surface area contributed by atoms with Crippen LogP contribution in [-0.4, -0.2) is 26.5 Å². The first kappa shape index (κ1) is 11.6. The van der Waals surface area contributed by atoms with Crippen molar-refractivity contribution < 1.29 is 0 Å². The summed E-state index contributed by atoms with van der Waals surface area (Å²) in [6.45, 7) is 4.37. The van der Waals surface area contributed by atoms with Crippen molar-refractivity contribution in [1.29, 1.82) is 0 Å². The van der Waals surface area contributed by atoms with E-state index in [9.17, 15) is 0 Å². The molecule has 2 heterocycles. The molecule has 2 rings (SSSR count). The van der Waals surface area contributed by atoms with Crippen molar-refractivity contribution >= 4 is 0 Å². The summed E-state index contributed by atoms with van der Waals surface area (Å²) in [5.74, 6) is 1.35. The Morgan fingerprint density at radius 2 is 2.00 bits per heavy atom. The lowest BCUT2D eigenvalue weighted by Crippen LogP contribution is -2.07. The normalized spacial score (nSPS) is 10.5. The average Bonchev–Trinajstić information content (AvgIpc) is 2.28. The molecule has 0 amide bonds. The van der Waals surface area contributed by atoms with E-state index < -0.39 is 0 Å². The maximum atomic E-state index is 5.54. The Labute approximate surface area is 100 Å². The number of nitrogens with two attached hydrogens (primary N) is 1. The highest BCUT2D eigenvalue weighted by atomic mass is 15.0.